The third-order valence-electron chi connectivity index (χ3n) is 5.72. The van der Waals surface area contributed by atoms with Crippen molar-refractivity contribution < 1.29 is 19.0 Å². The van der Waals surface area contributed by atoms with Gasteiger partial charge in [0.2, 0.25) is 0 Å². The standard InChI is InChI=1S/C24H26O4/c1-24(2)15-27-23(25)22(24)21-14-18(16-7-5-4-6-8-16)13-20(28-21)17-9-11-19(26-3)12-10-17/h4-12,14,18,20,22H,13,15H2,1-3H3/t18-,20-,22-/m0/s1. The van der Waals surface area contributed by atoms with E-state index < -0.39 is 0 Å². The molecule has 4 heteroatoms. The van der Waals surface area contributed by atoms with Crippen molar-refractivity contribution in [2.75, 3.05) is 13.7 Å². The van der Waals surface area contributed by atoms with Gasteiger partial charge in [-0.25, -0.2) is 0 Å². The first-order valence-electron chi connectivity index (χ1n) is 9.72. The number of esters is 1. The van der Waals surface area contributed by atoms with Crippen LogP contribution in [0.5, 0.6) is 5.75 Å². The number of ether oxygens (including phenoxy) is 3. The molecule has 28 heavy (non-hydrogen) atoms. The summed E-state index contributed by atoms with van der Waals surface area (Å²) < 4.78 is 17.1. The van der Waals surface area contributed by atoms with Gasteiger partial charge in [-0.15, -0.1) is 0 Å². The number of rotatable bonds is 4. The van der Waals surface area contributed by atoms with Crippen LogP contribution in [0.4, 0.5) is 0 Å². The molecule has 0 spiro atoms. The summed E-state index contributed by atoms with van der Waals surface area (Å²) in [5.41, 5.74) is 2.02. The molecule has 2 aromatic rings. The van der Waals surface area contributed by atoms with Crippen molar-refractivity contribution >= 4 is 5.97 Å². The fourth-order valence-corrected chi connectivity index (χ4v) is 4.11. The normalized spacial score (nSPS) is 26.2. The van der Waals surface area contributed by atoms with Crippen LogP contribution in [0.25, 0.3) is 0 Å². The summed E-state index contributed by atoms with van der Waals surface area (Å²) in [5, 5.41) is 0. The Morgan fingerprint density at radius 1 is 1.00 bits per heavy atom. The molecule has 1 fully saturated rings. The third kappa shape index (κ3) is 3.51. The Morgan fingerprint density at radius 3 is 2.32 bits per heavy atom. The highest BCUT2D eigenvalue weighted by atomic mass is 16.5. The Balaban J connectivity index is 1.71. The van der Waals surface area contributed by atoms with Crippen LogP contribution in [0, 0.1) is 11.3 Å². The number of carbonyl (C=O) groups is 1. The summed E-state index contributed by atoms with van der Waals surface area (Å²) >= 11 is 0. The number of hydrogen-bond donors (Lipinski definition) is 0. The van der Waals surface area contributed by atoms with E-state index in [1.165, 1.54) is 5.56 Å². The molecule has 0 bridgehead atoms. The number of hydrogen-bond acceptors (Lipinski definition) is 4. The molecule has 1 saturated heterocycles. The highest BCUT2D eigenvalue weighted by Gasteiger charge is 2.48. The second-order valence-corrected chi connectivity index (χ2v) is 8.23. The van der Waals surface area contributed by atoms with Crippen LogP contribution >= 0.6 is 0 Å². The largest absolute Gasteiger partial charge is 0.497 e. The van der Waals surface area contributed by atoms with E-state index in [1.54, 1.807) is 7.11 Å². The summed E-state index contributed by atoms with van der Waals surface area (Å²) in [6.45, 7) is 4.53. The maximum atomic E-state index is 12.5. The number of allylic oxidation sites excluding steroid dienone is 1. The average Bonchev–Trinajstić information content (AvgIpc) is 3.00. The van der Waals surface area contributed by atoms with Gasteiger partial charge in [-0.05, 0) is 35.8 Å². The molecule has 0 aliphatic carbocycles. The van der Waals surface area contributed by atoms with Crippen molar-refractivity contribution in [2.45, 2.75) is 32.3 Å². The van der Waals surface area contributed by atoms with Crippen molar-refractivity contribution in [3.05, 3.63) is 77.6 Å². The second kappa shape index (κ2) is 7.34. The Hall–Kier alpha value is -2.75. The summed E-state index contributed by atoms with van der Waals surface area (Å²) in [7, 11) is 1.66. The fraction of sp³-hybridized carbons (Fsp3) is 0.375. The van der Waals surface area contributed by atoms with E-state index in [4.69, 9.17) is 14.2 Å². The van der Waals surface area contributed by atoms with E-state index in [0.717, 1.165) is 23.5 Å². The maximum absolute atomic E-state index is 12.5. The highest BCUT2D eigenvalue weighted by molar-refractivity contribution is 5.78. The molecular weight excluding hydrogens is 352 g/mol. The van der Waals surface area contributed by atoms with Crippen LogP contribution in [-0.4, -0.2) is 19.7 Å². The second-order valence-electron chi connectivity index (χ2n) is 8.23. The summed E-state index contributed by atoms with van der Waals surface area (Å²) in [5.74, 6) is 1.16. The van der Waals surface area contributed by atoms with Gasteiger partial charge >= 0.3 is 5.97 Å². The monoisotopic (exact) mass is 378 g/mol. The number of methoxy groups -OCH3 is 1. The molecule has 0 amide bonds. The molecule has 4 rings (SSSR count). The van der Waals surface area contributed by atoms with Gasteiger partial charge in [-0.2, -0.15) is 0 Å². The summed E-state index contributed by atoms with van der Waals surface area (Å²) in [6, 6.07) is 18.3. The number of carbonyl (C=O) groups excluding carboxylic acids is 1. The van der Waals surface area contributed by atoms with Crippen molar-refractivity contribution in [3.63, 3.8) is 0 Å². The lowest BCUT2D eigenvalue weighted by atomic mass is 9.77. The zero-order valence-corrected chi connectivity index (χ0v) is 16.6. The SMILES string of the molecule is COc1ccc([C@@H]2C[C@H](c3ccccc3)C=C([C@H]3C(=O)OCC3(C)C)O2)cc1. The lowest BCUT2D eigenvalue weighted by Crippen LogP contribution is -2.30. The highest BCUT2D eigenvalue weighted by Crippen LogP contribution is 2.47. The molecule has 0 N–H and O–H groups in total. The Bertz CT molecular complexity index is 867. The zero-order valence-electron chi connectivity index (χ0n) is 16.6. The molecule has 2 aliphatic heterocycles. The first kappa shape index (κ1) is 18.6. The molecule has 2 aliphatic rings. The van der Waals surface area contributed by atoms with E-state index in [9.17, 15) is 4.79 Å². The topological polar surface area (TPSA) is 44.8 Å². The van der Waals surface area contributed by atoms with Gasteiger partial charge in [0.05, 0.1) is 13.7 Å². The van der Waals surface area contributed by atoms with E-state index in [0.29, 0.717) is 6.61 Å². The first-order chi connectivity index (χ1) is 13.5. The van der Waals surface area contributed by atoms with Gasteiger partial charge in [0.1, 0.15) is 23.5 Å². The third-order valence-corrected chi connectivity index (χ3v) is 5.72. The van der Waals surface area contributed by atoms with E-state index in [-0.39, 0.29) is 29.3 Å². The minimum atomic E-state index is -0.375. The van der Waals surface area contributed by atoms with Crippen LogP contribution < -0.4 is 4.74 Å². The predicted octanol–water partition coefficient (Wildman–Crippen LogP) is 5.02. The van der Waals surface area contributed by atoms with Crippen LogP contribution in [-0.2, 0) is 14.3 Å². The van der Waals surface area contributed by atoms with Crippen molar-refractivity contribution in [3.8, 4) is 5.75 Å². The molecule has 0 radical (unpaired) electrons. The van der Waals surface area contributed by atoms with Crippen molar-refractivity contribution in [1.29, 1.82) is 0 Å². The molecule has 0 unspecified atom stereocenters. The molecule has 2 heterocycles. The quantitative estimate of drug-likeness (QED) is 0.701. The number of cyclic esters (lactones) is 1. The van der Waals surface area contributed by atoms with Gasteiger partial charge < -0.3 is 14.2 Å². The van der Waals surface area contributed by atoms with E-state index in [1.807, 2.05) is 30.3 Å². The zero-order chi connectivity index (χ0) is 19.7. The minimum Gasteiger partial charge on any atom is -0.497 e. The number of benzene rings is 2. The van der Waals surface area contributed by atoms with E-state index >= 15 is 0 Å². The van der Waals surface area contributed by atoms with Gasteiger partial charge in [0.15, 0.2) is 0 Å². The maximum Gasteiger partial charge on any atom is 0.317 e. The fourth-order valence-electron chi connectivity index (χ4n) is 4.11. The van der Waals surface area contributed by atoms with Gasteiger partial charge in [-0.3, -0.25) is 4.79 Å². The lowest BCUT2D eigenvalue weighted by molar-refractivity contribution is -0.141. The van der Waals surface area contributed by atoms with Crippen molar-refractivity contribution in [2.24, 2.45) is 11.3 Å². The van der Waals surface area contributed by atoms with Crippen LogP contribution in [0.3, 0.4) is 0 Å². The molecule has 3 atom stereocenters. The van der Waals surface area contributed by atoms with Crippen LogP contribution in [0.1, 0.15) is 43.4 Å². The molecule has 2 aromatic carbocycles. The minimum absolute atomic E-state index is 0.125. The summed E-state index contributed by atoms with van der Waals surface area (Å²) in [4.78, 5) is 12.5. The summed E-state index contributed by atoms with van der Waals surface area (Å²) in [6.07, 6.45) is 2.82. The Labute approximate surface area is 166 Å². The molecule has 0 aromatic heterocycles. The van der Waals surface area contributed by atoms with Crippen LogP contribution in [0.2, 0.25) is 0 Å². The van der Waals surface area contributed by atoms with Gasteiger partial charge in [0, 0.05) is 11.3 Å². The lowest BCUT2D eigenvalue weighted by Gasteiger charge is -2.34. The molecule has 146 valence electrons. The molecule has 0 saturated carbocycles. The van der Waals surface area contributed by atoms with Crippen LogP contribution in [0.15, 0.2) is 66.4 Å². The van der Waals surface area contributed by atoms with E-state index in [2.05, 4.69) is 44.2 Å². The first-order valence-corrected chi connectivity index (χ1v) is 9.72. The molecular formula is C24H26O4. The van der Waals surface area contributed by atoms with Crippen molar-refractivity contribution in [1.82, 2.24) is 0 Å². The van der Waals surface area contributed by atoms with Gasteiger partial charge in [-0.1, -0.05) is 56.3 Å². The average molecular weight is 378 g/mol. The smallest absolute Gasteiger partial charge is 0.317 e. The Morgan fingerprint density at radius 2 is 1.71 bits per heavy atom. The van der Waals surface area contributed by atoms with Gasteiger partial charge in [0.25, 0.3) is 0 Å². The molecule has 4 nitrogen and oxygen atoms in total. The predicted molar refractivity (Wildman–Crippen MR) is 107 cm³/mol. The Kier molecular flexibility index (Phi) is 4.88.